The van der Waals surface area contributed by atoms with Crippen LogP contribution in [0.25, 0.3) is 5.69 Å². The number of carbonyl (C=O) groups excluding carboxylic acids is 1. The summed E-state index contributed by atoms with van der Waals surface area (Å²) in [6.45, 7) is 8.51. The molecule has 2 heterocycles. The van der Waals surface area contributed by atoms with Crippen molar-refractivity contribution in [2.24, 2.45) is 0 Å². The topological polar surface area (TPSA) is 50.6 Å². The number of aryl methyl sites for hydroxylation is 1. The lowest BCUT2D eigenvalue weighted by molar-refractivity contribution is -0.132. The second-order valence-electron chi connectivity index (χ2n) is 6.27. The monoisotopic (exact) mass is 328 g/mol. The number of ether oxygens (including phenoxy) is 1. The van der Waals surface area contributed by atoms with Crippen LogP contribution in [0.1, 0.15) is 19.5 Å². The first-order chi connectivity index (χ1) is 11.5. The molecule has 0 radical (unpaired) electrons. The molecule has 1 atom stereocenters. The smallest absolute Gasteiger partial charge is 0.219 e. The quantitative estimate of drug-likeness (QED) is 0.862. The van der Waals surface area contributed by atoms with Gasteiger partial charge in [-0.25, -0.2) is 4.68 Å². The summed E-state index contributed by atoms with van der Waals surface area (Å²) in [5, 5.41) is 4.52. The average Bonchev–Trinajstić information content (AvgIpc) is 2.95. The normalized spacial score (nSPS) is 18.6. The van der Waals surface area contributed by atoms with Crippen LogP contribution in [-0.4, -0.2) is 57.9 Å². The van der Waals surface area contributed by atoms with Gasteiger partial charge in [0.25, 0.3) is 0 Å². The van der Waals surface area contributed by atoms with Crippen molar-refractivity contribution in [3.63, 3.8) is 0 Å². The highest BCUT2D eigenvalue weighted by Gasteiger charge is 2.25. The minimum Gasteiger partial charge on any atom is -0.461 e. The second kappa shape index (κ2) is 7.05. The van der Waals surface area contributed by atoms with E-state index in [-0.39, 0.29) is 11.9 Å². The van der Waals surface area contributed by atoms with Gasteiger partial charge in [0, 0.05) is 38.7 Å². The number of aromatic nitrogens is 2. The van der Waals surface area contributed by atoms with E-state index in [0.29, 0.717) is 6.73 Å². The number of para-hydroxylation sites is 1. The summed E-state index contributed by atoms with van der Waals surface area (Å²) in [6.07, 6.45) is 0. The van der Waals surface area contributed by atoms with Gasteiger partial charge < -0.3 is 9.64 Å². The van der Waals surface area contributed by atoms with E-state index in [9.17, 15) is 4.79 Å². The van der Waals surface area contributed by atoms with Crippen molar-refractivity contribution in [3.05, 3.63) is 42.1 Å². The summed E-state index contributed by atoms with van der Waals surface area (Å²) in [4.78, 5) is 15.6. The molecule has 1 fully saturated rings. The molecule has 0 unspecified atom stereocenters. The predicted octanol–water partition coefficient (Wildman–Crippen LogP) is 2.07. The molecule has 6 nitrogen and oxygen atoms in total. The molecule has 0 aliphatic carbocycles. The number of benzene rings is 1. The molecule has 1 aromatic carbocycles. The third kappa shape index (κ3) is 3.59. The van der Waals surface area contributed by atoms with E-state index < -0.39 is 0 Å². The van der Waals surface area contributed by atoms with Gasteiger partial charge in [-0.3, -0.25) is 9.69 Å². The Morgan fingerprint density at radius 2 is 2.04 bits per heavy atom. The maximum Gasteiger partial charge on any atom is 0.219 e. The Morgan fingerprint density at radius 1 is 1.29 bits per heavy atom. The van der Waals surface area contributed by atoms with Crippen LogP contribution in [0, 0.1) is 6.92 Å². The van der Waals surface area contributed by atoms with Crippen molar-refractivity contribution in [1.29, 1.82) is 0 Å². The summed E-state index contributed by atoms with van der Waals surface area (Å²) in [6, 6.07) is 12.2. The number of amides is 1. The van der Waals surface area contributed by atoms with Crippen LogP contribution in [0.4, 0.5) is 0 Å². The van der Waals surface area contributed by atoms with Crippen molar-refractivity contribution in [2.45, 2.75) is 26.8 Å². The fraction of sp³-hybridized carbons (Fsp3) is 0.444. The summed E-state index contributed by atoms with van der Waals surface area (Å²) in [5.74, 6) is 0.875. The molecule has 128 valence electrons. The standard InChI is InChI=1S/C18H24N4O2/c1-14-11-18(22(19-14)17-7-5-4-6-8-17)24-13-21-10-9-20(16(3)23)12-15(21)2/h4-8,11,15H,9-10,12-13H2,1-3H3/t15-/m1/s1. The molecule has 0 bridgehead atoms. The molecular formula is C18H24N4O2. The van der Waals surface area contributed by atoms with Crippen LogP contribution < -0.4 is 4.74 Å². The predicted molar refractivity (Wildman–Crippen MR) is 92.2 cm³/mol. The van der Waals surface area contributed by atoms with Crippen LogP contribution in [0.5, 0.6) is 5.88 Å². The van der Waals surface area contributed by atoms with E-state index in [1.54, 1.807) is 6.92 Å². The van der Waals surface area contributed by atoms with E-state index in [4.69, 9.17) is 4.74 Å². The van der Waals surface area contributed by atoms with Gasteiger partial charge in [0.05, 0.1) is 11.4 Å². The van der Waals surface area contributed by atoms with Crippen molar-refractivity contribution in [3.8, 4) is 11.6 Å². The van der Waals surface area contributed by atoms with E-state index in [1.165, 1.54) is 0 Å². The Morgan fingerprint density at radius 3 is 2.71 bits per heavy atom. The molecule has 1 amide bonds. The van der Waals surface area contributed by atoms with Gasteiger partial charge in [-0.15, -0.1) is 0 Å². The Kier molecular flexibility index (Phi) is 4.85. The number of nitrogens with zero attached hydrogens (tertiary/aromatic N) is 4. The molecule has 24 heavy (non-hydrogen) atoms. The number of carbonyl (C=O) groups is 1. The minimum absolute atomic E-state index is 0.139. The van der Waals surface area contributed by atoms with Gasteiger partial charge >= 0.3 is 0 Å². The zero-order valence-corrected chi connectivity index (χ0v) is 14.5. The number of piperazine rings is 1. The van der Waals surface area contributed by atoms with E-state index in [0.717, 1.165) is 36.9 Å². The van der Waals surface area contributed by atoms with Crippen LogP contribution in [-0.2, 0) is 4.79 Å². The molecule has 0 saturated carbocycles. The molecule has 0 N–H and O–H groups in total. The van der Waals surface area contributed by atoms with Crippen LogP contribution in [0.3, 0.4) is 0 Å². The lowest BCUT2D eigenvalue weighted by atomic mass is 10.2. The fourth-order valence-electron chi connectivity index (χ4n) is 2.95. The maximum atomic E-state index is 11.5. The van der Waals surface area contributed by atoms with Crippen LogP contribution in [0.15, 0.2) is 36.4 Å². The molecule has 6 heteroatoms. The highest BCUT2D eigenvalue weighted by molar-refractivity contribution is 5.73. The summed E-state index contributed by atoms with van der Waals surface area (Å²) >= 11 is 0. The average molecular weight is 328 g/mol. The summed E-state index contributed by atoms with van der Waals surface area (Å²) in [5.41, 5.74) is 1.90. The van der Waals surface area contributed by atoms with Crippen LogP contribution >= 0.6 is 0 Å². The van der Waals surface area contributed by atoms with Gasteiger partial charge in [-0.1, -0.05) is 18.2 Å². The molecule has 1 saturated heterocycles. The lowest BCUT2D eigenvalue weighted by Gasteiger charge is -2.39. The van der Waals surface area contributed by atoms with E-state index in [2.05, 4.69) is 16.9 Å². The van der Waals surface area contributed by atoms with E-state index >= 15 is 0 Å². The fourth-order valence-corrected chi connectivity index (χ4v) is 2.95. The van der Waals surface area contributed by atoms with Crippen molar-refractivity contribution in [1.82, 2.24) is 19.6 Å². The second-order valence-corrected chi connectivity index (χ2v) is 6.27. The highest BCUT2D eigenvalue weighted by atomic mass is 16.5. The molecule has 3 rings (SSSR count). The van der Waals surface area contributed by atoms with Crippen LogP contribution in [0.2, 0.25) is 0 Å². The molecule has 0 spiro atoms. The van der Waals surface area contributed by atoms with Gasteiger partial charge in [0.15, 0.2) is 0 Å². The molecule has 1 aliphatic heterocycles. The van der Waals surface area contributed by atoms with Gasteiger partial charge in [-0.2, -0.15) is 5.10 Å². The van der Waals surface area contributed by atoms with E-state index in [1.807, 2.05) is 52.9 Å². The summed E-state index contributed by atoms with van der Waals surface area (Å²) in [7, 11) is 0. The van der Waals surface area contributed by atoms with Crippen molar-refractivity contribution >= 4 is 5.91 Å². The molecule has 2 aromatic rings. The van der Waals surface area contributed by atoms with Gasteiger partial charge in [0.2, 0.25) is 11.8 Å². The Labute approximate surface area is 142 Å². The maximum absolute atomic E-state index is 11.5. The number of rotatable bonds is 4. The Bertz CT molecular complexity index is 698. The Balaban J connectivity index is 1.67. The first kappa shape index (κ1) is 16.5. The third-order valence-electron chi connectivity index (χ3n) is 4.39. The third-order valence-corrected chi connectivity index (χ3v) is 4.39. The zero-order valence-electron chi connectivity index (χ0n) is 14.5. The number of hydrogen-bond donors (Lipinski definition) is 0. The van der Waals surface area contributed by atoms with Gasteiger partial charge in [0.1, 0.15) is 6.73 Å². The number of hydrogen-bond acceptors (Lipinski definition) is 4. The zero-order chi connectivity index (χ0) is 17.1. The highest BCUT2D eigenvalue weighted by Crippen LogP contribution is 2.20. The first-order valence-electron chi connectivity index (χ1n) is 8.29. The Hall–Kier alpha value is -2.34. The largest absolute Gasteiger partial charge is 0.461 e. The first-order valence-corrected chi connectivity index (χ1v) is 8.29. The molecule has 1 aromatic heterocycles. The van der Waals surface area contributed by atoms with Gasteiger partial charge in [-0.05, 0) is 26.0 Å². The lowest BCUT2D eigenvalue weighted by Crippen LogP contribution is -2.54. The molecular weight excluding hydrogens is 304 g/mol. The minimum atomic E-state index is 0.139. The SMILES string of the molecule is CC(=O)N1CCN(COc2cc(C)nn2-c2ccccc2)[C@H](C)C1. The van der Waals surface area contributed by atoms with Crippen molar-refractivity contribution < 1.29 is 9.53 Å². The van der Waals surface area contributed by atoms with Crippen molar-refractivity contribution in [2.75, 3.05) is 26.4 Å². The summed E-state index contributed by atoms with van der Waals surface area (Å²) < 4.78 is 7.87. The molecule has 1 aliphatic rings.